The van der Waals surface area contributed by atoms with Gasteiger partial charge in [-0.3, -0.25) is 19.5 Å². The third-order valence-corrected chi connectivity index (χ3v) is 6.21. The molecule has 1 atom stereocenters. The molecular formula is C24H40IN7. The normalized spacial score (nSPS) is 16.5. The minimum Gasteiger partial charge on any atom is -0.355 e. The van der Waals surface area contributed by atoms with Gasteiger partial charge in [0.1, 0.15) is 0 Å². The van der Waals surface area contributed by atoms with E-state index < -0.39 is 0 Å². The lowest BCUT2D eigenvalue weighted by molar-refractivity contribution is 0.129. The number of aryl methyl sites for hydroxylation is 2. The standard InChI is InChI=1S/C24H39N7.HI/c1-19(17-23-20(2)28-29(5)21(23)3)27-24(25-4)26-11-12-30-13-15-31(16-14-30)18-22-9-7-6-8-10-22;/h6-10,19H,11-18H2,1-5H3,(H2,25,26,27);1H. The van der Waals surface area contributed by atoms with E-state index >= 15 is 0 Å². The highest BCUT2D eigenvalue weighted by Gasteiger charge is 2.17. The molecule has 0 bridgehead atoms. The molecule has 0 spiro atoms. The number of nitrogens with zero attached hydrogens (tertiary/aromatic N) is 5. The zero-order valence-electron chi connectivity index (χ0n) is 20.3. The van der Waals surface area contributed by atoms with Gasteiger partial charge in [0.2, 0.25) is 0 Å². The van der Waals surface area contributed by atoms with E-state index in [1.165, 1.54) is 16.8 Å². The van der Waals surface area contributed by atoms with E-state index in [0.29, 0.717) is 0 Å². The predicted molar refractivity (Wildman–Crippen MR) is 144 cm³/mol. The van der Waals surface area contributed by atoms with Crippen molar-refractivity contribution in [3.05, 3.63) is 52.8 Å². The molecule has 1 aromatic heterocycles. The summed E-state index contributed by atoms with van der Waals surface area (Å²) < 4.78 is 1.96. The Morgan fingerprint density at radius 3 is 2.34 bits per heavy atom. The number of halogens is 1. The van der Waals surface area contributed by atoms with Crippen LogP contribution in [0.15, 0.2) is 35.3 Å². The molecule has 178 valence electrons. The van der Waals surface area contributed by atoms with Crippen molar-refractivity contribution < 1.29 is 0 Å². The second-order valence-corrected chi connectivity index (χ2v) is 8.62. The molecule has 0 amide bonds. The summed E-state index contributed by atoms with van der Waals surface area (Å²) in [7, 11) is 3.84. The van der Waals surface area contributed by atoms with E-state index in [1.54, 1.807) is 0 Å². The Balaban J connectivity index is 0.00000363. The van der Waals surface area contributed by atoms with E-state index in [1.807, 2.05) is 18.8 Å². The number of guanidine groups is 1. The summed E-state index contributed by atoms with van der Waals surface area (Å²) >= 11 is 0. The smallest absolute Gasteiger partial charge is 0.191 e. The van der Waals surface area contributed by atoms with Crippen LogP contribution in [0.4, 0.5) is 0 Å². The molecule has 0 saturated carbocycles. The van der Waals surface area contributed by atoms with Gasteiger partial charge in [0.25, 0.3) is 0 Å². The maximum Gasteiger partial charge on any atom is 0.191 e. The quantitative estimate of drug-likeness (QED) is 0.299. The SMILES string of the molecule is CN=C(NCCN1CCN(Cc2ccccc2)CC1)NC(C)Cc1c(C)nn(C)c1C.I. The second-order valence-electron chi connectivity index (χ2n) is 8.62. The van der Waals surface area contributed by atoms with Crippen molar-refractivity contribution in [2.45, 2.75) is 39.8 Å². The molecule has 2 N–H and O–H groups in total. The fraction of sp³-hybridized carbons (Fsp3) is 0.583. The average Bonchev–Trinajstić information content (AvgIpc) is 3.01. The van der Waals surface area contributed by atoms with Crippen LogP contribution in [0.3, 0.4) is 0 Å². The number of piperazine rings is 1. The van der Waals surface area contributed by atoms with E-state index in [9.17, 15) is 0 Å². The Morgan fingerprint density at radius 2 is 1.75 bits per heavy atom. The molecule has 7 nitrogen and oxygen atoms in total. The van der Waals surface area contributed by atoms with Gasteiger partial charge in [-0.25, -0.2) is 0 Å². The van der Waals surface area contributed by atoms with Gasteiger partial charge in [-0.05, 0) is 38.3 Å². The zero-order chi connectivity index (χ0) is 22.2. The monoisotopic (exact) mass is 553 g/mol. The first-order valence-electron chi connectivity index (χ1n) is 11.4. The molecular weight excluding hydrogens is 513 g/mol. The lowest BCUT2D eigenvalue weighted by Crippen LogP contribution is -2.49. The van der Waals surface area contributed by atoms with Crippen molar-refractivity contribution >= 4 is 29.9 Å². The van der Waals surface area contributed by atoms with Crippen LogP contribution in [0.25, 0.3) is 0 Å². The van der Waals surface area contributed by atoms with Crippen molar-refractivity contribution in [3.63, 3.8) is 0 Å². The highest BCUT2D eigenvalue weighted by atomic mass is 127. The highest BCUT2D eigenvalue weighted by molar-refractivity contribution is 14.0. The fourth-order valence-electron chi connectivity index (χ4n) is 4.24. The Kier molecular flexibility index (Phi) is 10.9. The number of hydrogen-bond acceptors (Lipinski definition) is 4. The third-order valence-electron chi connectivity index (χ3n) is 6.21. The molecule has 1 aliphatic rings. The van der Waals surface area contributed by atoms with Crippen LogP contribution in [0.1, 0.15) is 29.4 Å². The second kappa shape index (κ2) is 13.2. The average molecular weight is 554 g/mol. The van der Waals surface area contributed by atoms with E-state index in [2.05, 4.69) is 81.6 Å². The molecule has 32 heavy (non-hydrogen) atoms. The zero-order valence-corrected chi connectivity index (χ0v) is 22.6. The number of hydrogen-bond donors (Lipinski definition) is 2. The number of nitrogens with one attached hydrogen (secondary N) is 2. The number of aromatic nitrogens is 2. The van der Waals surface area contributed by atoms with Gasteiger partial charge in [0, 0.05) is 71.6 Å². The van der Waals surface area contributed by atoms with Crippen LogP contribution < -0.4 is 10.6 Å². The van der Waals surface area contributed by atoms with Crippen LogP contribution in [-0.4, -0.2) is 77.9 Å². The minimum atomic E-state index is 0. The third kappa shape index (κ3) is 7.74. The van der Waals surface area contributed by atoms with Gasteiger partial charge in [0.15, 0.2) is 5.96 Å². The summed E-state index contributed by atoms with van der Waals surface area (Å²) in [6.07, 6.45) is 0.940. The summed E-state index contributed by atoms with van der Waals surface area (Å²) in [6.45, 7) is 13.9. The van der Waals surface area contributed by atoms with Crippen molar-refractivity contribution in [1.82, 2.24) is 30.2 Å². The Labute approximate surface area is 210 Å². The number of aliphatic imine (C=N–C) groups is 1. The predicted octanol–water partition coefficient (Wildman–Crippen LogP) is 2.57. The first-order valence-corrected chi connectivity index (χ1v) is 11.4. The summed E-state index contributed by atoms with van der Waals surface area (Å²) in [5.74, 6) is 0.870. The molecule has 1 unspecified atom stereocenters. The summed E-state index contributed by atoms with van der Waals surface area (Å²) in [6, 6.07) is 11.0. The topological polar surface area (TPSA) is 60.7 Å². The maximum absolute atomic E-state index is 4.53. The highest BCUT2D eigenvalue weighted by Crippen LogP contribution is 2.14. The van der Waals surface area contributed by atoms with Crippen LogP contribution in [0.2, 0.25) is 0 Å². The Bertz CT molecular complexity index is 842. The molecule has 0 aliphatic carbocycles. The van der Waals surface area contributed by atoms with E-state index in [4.69, 9.17) is 0 Å². The van der Waals surface area contributed by atoms with Crippen molar-refractivity contribution in [3.8, 4) is 0 Å². The molecule has 0 radical (unpaired) electrons. The molecule has 1 aromatic carbocycles. The van der Waals surface area contributed by atoms with E-state index in [0.717, 1.165) is 63.9 Å². The van der Waals surface area contributed by atoms with Gasteiger partial charge in [-0.15, -0.1) is 24.0 Å². The molecule has 3 rings (SSSR count). The summed E-state index contributed by atoms with van der Waals surface area (Å²) in [4.78, 5) is 9.49. The summed E-state index contributed by atoms with van der Waals surface area (Å²) in [5.41, 5.74) is 5.08. The van der Waals surface area contributed by atoms with Crippen LogP contribution in [0.5, 0.6) is 0 Å². The molecule has 2 aromatic rings. The number of rotatable bonds is 8. The molecule has 8 heteroatoms. The molecule has 1 fully saturated rings. The minimum absolute atomic E-state index is 0. The Hall–Kier alpha value is -1.65. The Morgan fingerprint density at radius 1 is 1.09 bits per heavy atom. The van der Waals surface area contributed by atoms with Crippen LogP contribution in [0, 0.1) is 13.8 Å². The van der Waals surface area contributed by atoms with Crippen molar-refractivity contribution in [2.24, 2.45) is 12.0 Å². The molecule has 2 heterocycles. The van der Waals surface area contributed by atoms with Gasteiger partial charge >= 0.3 is 0 Å². The van der Waals surface area contributed by atoms with Crippen molar-refractivity contribution in [1.29, 1.82) is 0 Å². The van der Waals surface area contributed by atoms with Crippen molar-refractivity contribution in [2.75, 3.05) is 46.3 Å². The van der Waals surface area contributed by atoms with Gasteiger partial charge < -0.3 is 10.6 Å². The molecule has 1 saturated heterocycles. The largest absolute Gasteiger partial charge is 0.355 e. The van der Waals surface area contributed by atoms with E-state index in [-0.39, 0.29) is 30.0 Å². The van der Waals surface area contributed by atoms with Gasteiger partial charge in [-0.1, -0.05) is 30.3 Å². The summed E-state index contributed by atoms with van der Waals surface area (Å²) in [5, 5.41) is 11.5. The first kappa shape index (κ1) is 26.6. The van der Waals surface area contributed by atoms with Crippen LogP contribution >= 0.6 is 24.0 Å². The lowest BCUT2D eigenvalue weighted by atomic mass is 10.1. The maximum atomic E-state index is 4.53. The molecule has 1 aliphatic heterocycles. The lowest BCUT2D eigenvalue weighted by Gasteiger charge is -2.34. The van der Waals surface area contributed by atoms with Crippen LogP contribution in [-0.2, 0) is 20.0 Å². The fourth-order valence-corrected chi connectivity index (χ4v) is 4.24. The van der Waals surface area contributed by atoms with Gasteiger partial charge in [-0.2, -0.15) is 5.10 Å². The number of benzene rings is 1. The van der Waals surface area contributed by atoms with Gasteiger partial charge in [0.05, 0.1) is 5.69 Å². The first-order chi connectivity index (χ1) is 15.0.